The van der Waals surface area contributed by atoms with Crippen molar-refractivity contribution in [3.05, 3.63) is 70.4 Å². The van der Waals surface area contributed by atoms with Gasteiger partial charge in [-0.25, -0.2) is 4.79 Å². The van der Waals surface area contributed by atoms with Crippen molar-refractivity contribution >= 4 is 34.3 Å². The molecule has 1 heterocycles. The number of benzene rings is 2. The van der Waals surface area contributed by atoms with E-state index < -0.39 is 5.97 Å². The lowest BCUT2D eigenvalue weighted by Crippen LogP contribution is -2.12. The van der Waals surface area contributed by atoms with Crippen molar-refractivity contribution in [1.82, 2.24) is 4.57 Å². The Kier molecular flexibility index (Phi) is 5.61. The van der Waals surface area contributed by atoms with Crippen molar-refractivity contribution in [2.45, 2.75) is 33.7 Å². The summed E-state index contributed by atoms with van der Waals surface area (Å²) < 4.78 is 6.82. The van der Waals surface area contributed by atoms with Gasteiger partial charge in [-0.15, -0.1) is 0 Å². The summed E-state index contributed by atoms with van der Waals surface area (Å²) in [4.78, 5) is 24.9. The van der Waals surface area contributed by atoms with Crippen LogP contribution in [-0.4, -0.2) is 23.4 Å². The molecule has 0 bridgehead atoms. The van der Waals surface area contributed by atoms with E-state index in [1.807, 2.05) is 61.9 Å². The maximum Gasteiger partial charge on any atom is 0.337 e. The van der Waals surface area contributed by atoms with Gasteiger partial charge in [0.05, 0.1) is 12.7 Å². The van der Waals surface area contributed by atoms with Crippen LogP contribution in [0.4, 0.5) is 0 Å². The number of halogens is 1. The number of nitrogens with zero attached hydrogens (tertiary/aromatic N) is 1. The molecule has 1 aromatic heterocycles. The number of esters is 1. The highest BCUT2D eigenvalue weighted by Gasteiger charge is 2.22. The average Bonchev–Trinajstić information content (AvgIpc) is 2.99. The van der Waals surface area contributed by atoms with Gasteiger partial charge in [0.1, 0.15) is 0 Å². The zero-order valence-electron chi connectivity index (χ0n) is 16.6. The zero-order valence-corrected chi connectivity index (χ0v) is 17.3. The van der Waals surface area contributed by atoms with Crippen molar-refractivity contribution < 1.29 is 14.3 Å². The number of Topliss-reactive ketones (excluding diaryl/α,β-unsaturated/α-hetero) is 1. The Bertz CT molecular complexity index is 1040. The Labute approximate surface area is 170 Å². The maximum atomic E-state index is 13.0. The topological polar surface area (TPSA) is 48.3 Å². The number of fused-ring (bicyclic) bond motifs is 1. The van der Waals surface area contributed by atoms with Crippen molar-refractivity contribution in [2.75, 3.05) is 7.11 Å². The molecule has 0 aliphatic rings. The molecular weight excluding hydrogens is 374 g/mol. The minimum Gasteiger partial charge on any atom is -0.465 e. The van der Waals surface area contributed by atoms with E-state index in [2.05, 4.69) is 0 Å². The summed E-state index contributed by atoms with van der Waals surface area (Å²) in [7, 11) is 1.35. The fourth-order valence-electron chi connectivity index (χ4n) is 3.28. The second-order valence-electron chi connectivity index (χ2n) is 8.15. The number of methoxy groups -OCH3 is 1. The van der Waals surface area contributed by atoms with Gasteiger partial charge in [0.2, 0.25) is 0 Å². The summed E-state index contributed by atoms with van der Waals surface area (Å²) in [5, 5.41) is 1.49. The number of carbonyl (C=O) groups excluding carboxylic acids is 2. The van der Waals surface area contributed by atoms with E-state index >= 15 is 0 Å². The van der Waals surface area contributed by atoms with Crippen LogP contribution in [0.5, 0.6) is 0 Å². The van der Waals surface area contributed by atoms with Crippen LogP contribution < -0.4 is 0 Å². The van der Waals surface area contributed by atoms with Crippen LogP contribution in [-0.2, 0) is 11.3 Å². The molecule has 0 unspecified atom stereocenters. The molecule has 0 saturated carbocycles. The van der Waals surface area contributed by atoms with Crippen molar-refractivity contribution in [3.63, 3.8) is 0 Å². The van der Waals surface area contributed by atoms with Crippen LogP contribution in [0.2, 0.25) is 5.02 Å². The van der Waals surface area contributed by atoms with Crippen LogP contribution in [0, 0.1) is 5.41 Å². The monoisotopic (exact) mass is 397 g/mol. The van der Waals surface area contributed by atoms with Gasteiger partial charge in [-0.3, -0.25) is 4.79 Å². The van der Waals surface area contributed by atoms with Gasteiger partial charge in [-0.05, 0) is 29.2 Å². The van der Waals surface area contributed by atoms with Crippen LogP contribution in [0.25, 0.3) is 10.9 Å². The molecule has 0 atom stereocenters. The molecule has 0 amide bonds. The number of ketones is 1. The molecule has 0 N–H and O–H groups in total. The first-order valence-corrected chi connectivity index (χ1v) is 9.55. The third-order valence-corrected chi connectivity index (χ3v) is 4.96. The number of hydrogen-bond donors (Lipinski definition) is 0. The Hall–Kier alpha value is -2.59. The third-order valence-electron chi connectivity index (χ3n) is 4.59. The molecule has 0 aliphatic carbocycles. The normalized spacial score (nSPS) is 11.6. The lowest BCUT2D eigenvalue weighted by molar-refractivity contribution is 0.0600. The second-order valence-corrected chi connectivity index (χ2v) is 8.55. The minimum atomic E-state index is -0.407. The number of ether oxygens (including phenoxy) is 1. The van der Waals surface area contributed by atoms with Crippen LogP contribution in [0.1, 0.15) is 53.5 Å². The lowest BCUT2D eigenvalue weighted by atomic mass is 9.88. The Morgan fingerprint density at radius 3 is 2.46 bits per heavy atom. The highest BCUT2D eigenvalue weighted by Crippen LogP contribution is 2.29. The average molecular weight is 398 g/mol. The number of carbonyl (C=O) groups is 2. The van der Waals surface area contributed by atoms with E-state index in [0.717, 1.165) is 16.5 Å². The molecule has 0 spiro atoms. The number of hydrogen-bond acceptors (Lipinski definition) is 3. The molecule has 0 radical (unpaired) electrons. The molecule has 3 aromatic rings. The Morgan fingerprint density at radius 2 is 1.82 bits per heavy atom. The molecule has 0 saturated heterocycles. The molecule has 4 nitrogen and oxygen atoms in total. The maximum absolute atomic E-state index is 13.0. The molecule has 2 aromatic carbocycles. The van der Waals surface area contributed by atoms with E-state index in [1.54, 1.807) is 12.1 Å². The second kappa shape index (κ2) is 7.80. The summed E-state index contributed by atoms with van der Waals surface area (Å²) in [5.41, 5.74) is 2.75. The first-order chi connectivity index (χ1) is 13.2. The molecule has 0 fully saturated rings. The number of rotatable bonds is 5. The van der Waals surface area contributed by atoms with E-state index in [4.69, 9.17) is 16.3 Å². The fourth-order valence-corrected chi connectivity index (χ4v) is 3.47. The summed E-state index contributed by atoms with van der Waals surface area (Å²) in [6.45, 7) is 6.64. The van der Waals surface area contributed by atoms with Crippen molar-refractivity contribution in [3.8, 4) is 0 Å². The smallest absolute Gasteiger partial charge is 0.337 e. The molecule has 3 rings (SSSR count). The summed E-state index contributed by atoms with van der Waals surface area (Å²) in [6, 6.07) is 12.9. The van der Waals surface area contributed by atoms with Gasteiger partial charge < -0.3 is 9.30 Å². The van der Waals surface area contributed by atoms with Gasteiger partial charge in [0.15, 0.2) is 5.78 Å². The first kappa shape index (κ1) is 20.2. The van der Waals surface area contributed by atoms with Gasteiger partial charge in [0.25, 0.3) is 0 Å². The standard InChI is InChI=1S/C23H24ClNO3/c1-23(2,3)12-21(26)18-14-25(13-16-7-5-6-8-19(16)24)20-11-15(22(27)28-4)9-10-17(18)20/h5-11,14H,12-13H2,1-4H3. The SMILES string of the molecule is COC(=O)c1ccc2c(C(=O)CC(C)(C)C)cn(Cc3ccccc3Cl)c2c1. The summed E-state index contributed by atoms with van der Waals surface area (Å²) in [5.74, 6) is -0.323. The fraction of sp³-hybridized carbons (Fsp3) is 0.304. The van der Waals surface area contributed by atoms with E-state index in [9.17, 15) is 9.59 Å². The van der Waals surface area contributed by atoms with E-state index in [0.29, 0.717) is 29.1 Å². The quantitative estimate of drug-likeness (QED) is 0.407. The summed E-state index contributed by atoms with van der Waals surface area (Å²) in [6.07, 6.45) is 2.31. The molecular formula is C23H24ClNO3. The van der Waals surface area contributed by atoms with Crippen LogP contribution in [0.15, 0.2) is 48.7 Å². The van der Waals surface area contributed by atoms with Gasteiger partial charge in [0, 0.05) is 40.7 Å². The van der Waals surface area contributed by atoms with Crippen molar-refractivity contribution in [1.29, 1.82) is 0 Å². The van der Waals surface area contributed by atoms with Gasteiger partial charge >= 0.3 is 5.97 Å². The predicted octanol–water partition coefficient (Wildman–Crippen LogP) is 5.75. The van der Waals surface area contributed by atoms with Gasteiger partial charge in [-0.2, -0.15) is 0 Å². The molecule has 5 heteroatoms. The minimum absolute atomic E-state index is 0.0845. The predicted molar refractivity (Wildman–Crippen MR) is 112 cm³/mol. The molecule has 28 heavy (non-hydrogen) atoms. The molecule has 146 valence electrons. The zero-order chi connectivity index (χ0) is 20.5. The summed E-state index contributed by atoms with van der Waals surface area (Å²) >= 11 is 6.33. The highest BCUT2D eigenvalue weighted by molar-refractivity contribution is 6.31. The van der Waals surface area contributed by atoms with Gasteiger partial charge in [-0.1, -0.05) is 56.6 Å². The first-order valence-electron chi connectivity index (χ1n) is 9.17. The Morgan fingerprint density at radius 1 is 1.11 bits per heavy atom. The Balaban J connectivity index is 2.13. The largest absolute Gasteiger partial charge is 0.465 e. The lowest BCUT2D eigenvalue weighted by Gasteiger charge is -2.16. The van der Waals surface area contributed by atoms with Crippen LogP contribution >= 0.6 is 11.6 Å². The van der Waals surface area contributed by atoms with Crippen molar-refractivity contribution in [2.24, 2.45) is 5.41 Å². The highest BCUT2D eigenvalue weighted by atomic mass is 35.5. The molecule has 0 aliphatic heterocycles. The third kappa shape index (κ3) is 4.28. The van der Waals surface area contributed by atoms with E-state index in [-0.39, 0.29) is 11.2 Å². The van der Waals surface area contributed by atoms with Crippen LogP contribution in [0.3, 0.4) is 0 Å². The van der Waals surface area contributed by atoms with E-state index in [1.165, 1.54) is 7.11 Å². The number of aromatic nitrogens is 1.